The summed E-state index contributed by atoms with van der Waals surface area (Å²) in [5.41, 5.74) is 1.72. The molecule has 2 aromatic heterocycles. The molecule has 0 radical (unpaired) electrons. The highest BCUT2D eigenvalue weighted by atomic mass is 35.5. The first-order chi connectivity index (χ1) is 8.79. The molecule has 0 fully saturated rings. The second-order valence-corrected chi connectivity index (χ2v) is 4.79. The van der Waals surface area contributed by atoms with Crippen LogP contribution in [-0.4, -0.2) is 14.8 Å². The molecular weight excluding hydrogens is 246 g/mol. The van der Waals surface area contributed by atoms with Crippen molar-refractivity contribution in [1.82, 2.24) is 14.8 Å². The van der Waals surface area contributed by atoms with E-state index in [2.05, 4.69) is 29.3 Å². The normalized spacial score (nSPS) is 11.4. The second-order valence-electron chi connectivity index (χ2n) is 4.43. The summed E-state index contributed by atoms with van der Waals surface area (Å²) in [5.74, 6) is 0. The lowest BCUT2D eigenvalue weighted by molar-refractivity contribution is 0.576. The number of halogens is 1. The standard InChI is InChI=1S/C14H14ClN3/c1-2-3-8-18-9-11-10-6-4-5-7-12(10)16-14(15)13(11)17-18/h4-7,9H,2-3,8H2,1H3. The molecule has 0 N–H and O–H groups in total. The average molecular weight is 260 g/mol. The van der Waals surface area contributed by atoms with Crippen LogP contribution in [0.3, 0.4) is 0 Å². The van der Waals surface area contributed by atoms with E-state index in [0.29, 0.717) is 5.15 Å². The molecule has 0 unspecified atom stereocenters. The molecule has 0 saturated carbocycles. The number of para-hydroxylation sites is 1. The third-order valence-electron chi connectivity index (χ3n) is 3.11. The number of aryl methyl sites for hydroxylation is 1. The quantitative estimate of drug-likeness (QED) is 0.665. The molecule has 0 atom stereocenters. The summed E-state index contributed by atoms with van der Waals surface area (Å²) in [6, 6.07) is 8.02. The minimum absolute atomic E-state index is 0.485. The molecule has 0 aliphatic carbocycles. The molecule has 3 aromatic rings. The second kappa shape index (κ2) is 4.58. The minimum Gasteiger partial charge on any atom is -0.271 e. The molecule has 18 heavy (non-hydrogen) atoms. The fraction of sp³-hybridized carbons (Fsp3) is 0.286. The van der Waals surface area contributed by atoms with Crippen molar-refractivity contribution in [3.05, 3.63) is 35.6 Å². The van der Waals surface area contributed by atoms with Crippen LogP contribution in [-0.2, 0) is 6.54 Å². The molecule has 0 saturated heterocycles. The van der Waals surface area contributed by atoms with Gasteiger partial charge in [0.05, 0.1) is 5.52 Å². The van der Waals surface area contributed by atoms with Crippen molar-refractivity contribution in [1.29, 1.82) is 0 Å². The van der Waals surface area contributed by atoms with Gasteiger partial charge in [0, 0.05) is 23.5 Å². The van der Waals surface area contributed by atoms with Gasteiger partial charge in [-0.1, -0.05) is 43.1 Å². The Morgan fingerprint density at radius 3 is 2.89 bits per heavy atom. The molecule has 1 aromatic carbocycles. The first-order valence-electron chi connectivity index (χ1n) is 6.21. The maximum absolute atomic E-state index is 6.20. The maximum atomic E-state index is 6.20. The van der Waals surface area contributed by atoms with Crippen LogP contribution in [0.1, 0.15) is 19.8 Å². The lowest BCUT2D eigenvalue weighted by atomic mass is 10.1. The number of rotatable bonds is 3. The molecule has 3 rings (SSSR count). The highest BCUT2D eigenvalue weighted by Gasteiger charge is 2.10. The van der Waals surface area contributed by atoms with Gasteiger partial charge in [0.25, 0.3) is 0 Å². The number of pyridine rings is 1. The lowest BCUT2D eigenvalue weighted by Crippen LogP contribution is -1.97. The van der Waals surface area contributed by atoms with E-state index in [1.54, 1.807) is 0 Å². The van der Waals surface area contributed by atoms with Gasteiger partial charge >= 0.3 is 0 Å². The predicted octanol–water partition coefficient (Wildman–Crippen LogP) is 4.04. The number of hydrogen-bond donors (Lipinski definition) is 0. The molecule has 0 amide bonds. The Labute approximate surface area is 110 Å². The number of aromatic nitrogens is 3. The Morgan fingerprint density at radius 2 is 2.06 bits per heavy atom. The van der Waals surface area contributed by atoms with Gasteiger partial charge in [0.1, 0.15) is 5.52 Å². The topological polar surface area (TPSA) is 30.7 Å². The van der Waals surface area contributed by atoms with Gasteiger partial charge in [0.15, 0.2) is 5.15 Å². The highest BCUT2D eigenvalue weighted by molar-refractivity contribution is 6.35. The van der Waals surface area contributed by atoms with Crippen LogP contribution in [0.15, 0.2) is 30.5 Å². The maximum Gasteiger partial charge on any atom is 0.157 e. The molecule has 0 aliphatic heterocycles. The third-order valence-corrected chi connectivity index (χ3v) is 3.37. The van der Waals surface area contributed by atoms with Crippen LogP contribution in [0.4, 0.5) is 0 Å². The van der Waals surface area contributed by atoms with Gasteiger partial charge < -0.3 is 0 Å². The van der Waals surface area contributed by atoms with Crippen LogP contribution in [0.25, 0.3) is 21.8 Å². The van der Waals surface area contributed by atoms with E-state index in [1.165, 1.54) is 0 Å². The van der Waals surface area contributed by atoms with Crippen molar-refractivity contribution < 1.29 is 0 Å². The Balaban J connectivity index is 2.24. The lowest BCUT2D eigenvalue weighted by Gasteiger charge is -1.98. The smallest absolute Gasteiger partial charge is 0.157 e. The van der Waals surface area contributed by atoms with E-state index in [1.807, 2.05) is 22.9 Å². The van der Waals surface area contributed by atoms with E-state index in [0.717, 1.165) is 41.2 Å². The number of nitrogens with zero attached hydrogens (tertiary/aromatic N) is 3. The SMILES string of the molecule is CCCCn1cc2c(n1)c(Cl)nc1ccccc12. The zero-order valence-corrected chi connectivity index (χ0v) is 11.0. The monoisotopic (exact) mass is 259 g/mol. The summed E-state index contributed by atoms with van der Waals surface area (Å²) in [4.78, 5) is 4.39. The van der Waals surface area contributed by atoms with Crippen LogP contribution in [0.5, 0.6) is 0 Å². The summed E-state index contributed by atoms with van der Waals surface area (Å²) in [6.45, 7) is 3.10. The van der Waals surface area contributed by atoms with E-state index in [4.69, 9.17) is 11.6 Å². The summed E-state index contributed by atoms with van der Waals surface area (Å²) >= 11 is 6.20. The van der Waals surface area contributed by atoms with Crippen LogP contribution in [0.2, 0.25) is 5.15 Å². The van der Waals surface area contributed by atoms with E-state index in [9.17, 15) is 0 Å². The Bertz CT molecular complexity index is 703. The molecule has 2 heterocycles. The van der Waals surface area contributed by atoms with Gasteiger partial charge in [-0.05, 0) is 12.5 Å². The fourth-order valence-corrected chi connectivity index (χ4v) is 2.39. The third kappa shape index (κ3) is 1.85. The van der Waals surface area contributed by atoms with Crippen molar-refractivity contribution in [2.75, 3.05) is 0 Å². The van der Waals surface area contributed by atoms with Crippen LogP contribution < -0.4 is 0 Å². The van der Waals surface area contributed by atoms with Crippen molar-refractivity contribution in [3.63, 3.8) is 0 Å². The summed E-state index contributed by atoms with van der Waals surface area (Å²) in [5, 5.41) is 7.20. The predicted molar refractivity (Wildman–Crippen MR) is 75.0 cm³/mol. The number of unbranched alkanes of at least 4 members (excludes halogenated alkanes) is 1. The Kier molecular flexibility index (Phi) is 2.92. The van der Waals surface area contributed by atoms with Gasteiger partial charge in [-0.15, -0.1) is 0 Å². The average Bonchev–Trinajstić information content (AvgIpc) is 2.81. The van der Waals surface area contributed by atoms with Gasteiger partial charge in [-0.2, -0.15) is 5.10 Å². The summed E-state index contributed by atoms with van der Waals surface area (Å²) in [7, 11) is 0. The Hall–Kier alpha value is -1.61. The molecule has 0 bridgehead atoms. The van der Waals surface area contributed by atoms with Crippen molar-refractivity contribution >= 4 is 33.4 Å². The summed E-state index contributed by atoms with van der Waals surface area (Å²) in [6.07, 6.45) is 4.35. The van der Waals surface area contributed by atoms with Crippen molar-refractivity contribution in [2.24, 2.45) is 0 Å². The molecule has 3 nitrogen and oxygen atoms in total. The van der Waals surface area contributed by atoms with Gasteiger partial charge in [-0.25, -0.2) is 4.98 Å². The largest absolute Gasteiger partial charge is 0.271 e. The van der Waals surface area contributed by atoms with E-state index < -0.39 is 0 Å². The summed E-state index contributed by atoms with van der Waals surface area (Å²) < 4.78 is 1.97. The molecule has 0 aliphatic rings. The number of fused-ring (bicyclic) bond motifs is 3. The zero-order chi connectivity index (χ0) is 12.5. The number of benzene rings is 1. The minimum atomic E-state index is 0.485. The first kappa shape index (κ1) is 11.5. The van der Waals surface area contributed by atoms with Gasteiger partial charge in [0.2, 0.25) is 0 Å². The molecular formula is C14H14ClN3. The zero-order valence-electron chi connectivity index (χ0n) is 10.2. The highest BCUT2D eigenvalue weighted by Crippen LogP contribution is 2.27. The van der Waals surface area contributed by atoms with Gasteiger partial charge in [-0.3, -0.25) is 4.68 Å². The van der Waals surface area contributed by atoms with E-state index >= 15 is 0 Å². The molecule has 4 heteroatoms. The van der Waals surface area contributed by atoms with Crippen LogP contribution in [0, 0.1) is 0 Å². The van der Waals surface area contributed by atoms with Crippen LogP contribution >= 0.6 is 11.6 Å². The fourth-order valence-electron chi connectivity index (χ4n) is 2.16. The van der Waals surface area contributed by atoms with E-state index in [-0.39, 0.29) is 0 Å². The number of hydrogen-bond acceptors (Lipinski definition) is 2. The Morgan fingerprint density at radius 1 is 1.22 bits per heavy atom. The van der Waals surface area contributed by atoms with Crippen molar-refractivity contribution in [3.8, 4) is 0 Å². The first-order valence-corrected chi connectivity index (χ1v) is 6.59. The molecule has 0 spiro atoms. The van der Waals surface area contributed by atoms with Crippen molar-refractivity contribution in [2.45, 2.75) is 26.3 Å². The molecule has 92 valence electrons.